The van der Waals surface area contributed by atoms with Crippen molar-refractivity contribution in [1.82, 2.24) is 5.32 Å². The smallest absolute Gasteiger partial charge is 0.408 e. The predicted molar refractivity (Wildman–Crippen MR) is 112 cm³/mol. The van der Waals surface area contributed by atoms with Crippen LogP contribution in [0.3, 0.4) is 0 Å². The number of rotatable bonds is 11. The number of hydrogen-bond acceptors (Lipinski definition) is 7. The fourth-order valence-electron chi connectivity index (χ4n) is 2.93. The normalized spacial score (nSPS) is 12.4. The number of Topliss-reactive ketones (excluding diaryl/α,β-unsaturated/α-hetero) is 1. The maximum Gasteiger partial charge on any atom is 0.408 e. The van der Waals surface area contributed by atoms with Crippen LogP contribution in [0.5, 0.6) is 5.75 Å². The molecule has 2 atom stereocenters. The fraction of sp³-hybridized carbons (Fsp3) is 0.273. The summed E-state index contributed by atoms with van der Waals surface area (Å²) in [6.07, 6.45) is -1.80. The summed E-state index contributed by atoms with van der Waals surface area (Å²) in [5.41, 5.74) is 6.45. The largest absolute Gasteiger partial charge is 0.508 e. The summed E-state index contributed by atoms with van der Waals surface area (Å²) >= 11 is 0. The lowest BCUT2D eigenvalue weighted by atomic mass is 9.92. The number of phenols is 1. The molecule has 6 N–H and O–H groups in total. The second kappa shape index (κ2) is 11.5. The Hall–Kier alpha value is -3.92. The van der Waals surface area contributed by atoms with E-state index >= 15 is 0 Å². The molecule has 2 rings (SSSR count). The van der Waals surface area contributed by atoms with Gasteiger partial charge < -0.3 is 31.1 Å². The van der Waals surface area contributed by atoms with Crippen LogP contribution < -0.4 is 11.1 Å². The monoisotopic (exact) mass is 444 g/mol. The minimum absolute atomic E-state index is 0.0582. The second-order valence-corrected chi connectivity index (χ2v) is 7.05. The van der Waals surface area contributed by atoms with Gasteiger partial charge in [0, 0.05) is 12.0 Å². The van der Waals surface area contributed by atoms with Gasteiger partial charge in [-0.3, -0.25) is 14.4 Å². The van der Waals surface area contributed by atoms with E-state index < -0.39 is 42.3 Å². The maximum absolute atomic E-state index is 13.1. The van der Waals surface area contributed by atoms with Crippen molar-refractivity contribution in [3.8, 4) is 5.75 Å². The molecule has 0 saturated carbocycles. The first-order valence-corrected chi connectivity index (χ1v) is 9.71. The van der Waals surface area contributed by atoms with Gasteiger partial charge >= 0.3 is 18.0 Å². The number of carbonyl (C=O) groups is 4. The molecule has 0 spiro atoms. The number of aliphatic carboxylic acids is 2. The van der Waals surface area contributed by atoms with Gasteiger partial charge in [-0.15, -0.1) is 0 Å². The zero-order chi connectivity index (χ0) is 23.7. The predicted octanol–water partition coefficient (Wildman–Crippen LogP) is 1.69. The Bertz CT molecular complexity index is 977. The van der Waals surface area contributed by atoms with Crippen molar-refractivity contribution < 1.29 is 39.2 Å². The van der Waals surface area contributed by atoms with Crippen LogP contribution in [0.4, 0.5) is 4.79 Å². The highest BCUT2D eigenvalue weighted by Crippen LogP contribution is 2.21. The molecule has 10 heteroatoms. The molecule has 0 bridgehead atoms. The molecule has 10 nitrogen and oxygen atoms in total. The number of carboxylic acids is 2. The summed E-state index contributed by atoms with van der Waals surface area (Å²) in [5.74, 6) is -3.41. The molecule has 0 heterocycles. The van der Waals surface area contributed by atoms with E-state index in [0.717, 1.165) is 6.07 Å². The van der Waals surface area contributed by atoms with Crippen molar-refractivity contribution in [1.29, 1.82) is 0 Å². The highest BCUT2D eigenvalue weighted by molar-refractivity contribution is 6.03. The molecule has 0 radical (unpaired) electrons. The van der Waals surface area contributed by atoms with Crippen LogP contribution >= 0.6 is 0 Å². The van der Waals surface area contributed by atoms with E-state index in [-0.39, 0.29) is 36.3 Å². The van der Waals surface area contributed by atoms with E-state index in [0.29, 0.717) is 5.56 Å². The van der Waals surface area contributed by atoms with Crippen LogP contribution in [-0.2, 0) is 27.4 Å². The van der Waals surface area contributed by atoms with Gasteiger partial charge in [-0.2, -0.15) is 0 Å². The third-order valence-electron chi connectivity index (χ3n) is 4.58. The Morgan fingerprint density at radius 1 is 1.03 bits per heavy atom. The highest BCUT2D eigenvalue weighted by Gasteiger charge is 2.27. The summed E-state index contributed by atoms with van der Waals surface area (Å²) in [5, 5.41) is 30.2. The topological polar surface area (TPSA) is 176 Å². The van der Waals surface area contributed by atoms with Gasteiger partial charge in [0.2, 0.25) is 0 Å². The summed E-state index contributed by atoms with van der Waals surface area (Å²) < 4.78 is 5.10. The van der Waals surface area contributed by atoms with Gasteiger partial charge in [0.05, 0.1) is 6.04 Å². The zero-order valence-electron chi connectivity index (χ0n) is 17.1. The van der Waals surface area contributed by atoms with Gasteiger partial charge in [0.25, 0.3) is 0 Å². The third-order valence-corrected chi connectivity index (χ3v) is 4.58. The SMILES string of the molecule is NC(Cc1ccc(O)cc1C(=O)C(CCC(=O)O)NC(=O)OCc1ccccc1)C(=O)O. The minimum atomic E-state index is -1.30. The molecule has 0 aromatic heterocycles. The van der Waals surface area contributed by atoms with Crippen LogP contribution in [0.1, 0.15) is 34.3 Å². The van der Waals surface area contributed by atoms with E-state index in [4.69, 9.17) is 20.7 Å². The van der Waals surface area contributed by atoms with Gasteiger partial charge in [-0.1, -0.05) is 36.4 Å². The molecule has 2 unspecified atom stereocenters. The van der Waals surface area contributed by atoms with Gasteiger partial charge in [-0.05, 0) is 36.1 Å². The minimum Gasteiger partial charge on any atom is -0.508 e. The van der Waals surface area contributed by atoms with Crippen molar-refractivity contribution in [3.63, 3.8) is 0 Å². The number of nitrogens with one attached hydrogen (secondary N) is 1. The molecule has 0 fully saturated rings. The molecule has 2 aromatic carbocycles. The van der Waals surface area contributed by atoms with Crippen molar-refractivity contribution in [2.24, 2.45) is 5.73 Å². The van der Waals surface area contributed by atoms with Crippen molar-refractivity contribution in [3.05, 3.63) is 65.2 Å². The lowest BCUT2D eigenvalue weighted by Gasteiger charge is -2.19. The lowest BCUT2D eigenvalue weighted by molar-refractivity contribution is -0.139. The number of ketones is 1. The Morgan fingerprint density at radius 2 is 1.72 bits per heavy atom. The number of amides is 1. The highest BCUT2D eigenvalue weighted by atomic mass is 16.5. The quantitative estimate of drug-likeness (QED) is 0.323. The number of hydrogen-bond donors (Lipinski definition) is 5. The number of phenolic OH excluding ortho intramolecular Hbond substituents is 1. The Morgan fingerprint density at radius 3 is 2.34 bits per heavy atom. The van der Waals surface area contributed by atoms with E-state index in [2.05, 4.69) is 5.32 Å². The average Bonchev–Trinajstić information content (AvgIpc) is 2.76. The number of nitrogens with two attached hydrogens (primary N) is 1. The molecule has 0 aliphatic heterocycles. The summed E-state index contributed by atoms with van der Waals surface area (Å²) in [4.78, 5) is 47.5. The molecule has 0 aliphatic rings. The van der Waals surface area contributed by atoms with E-state index in [1.165, 1.54) is 12.1 Å². The molecule has 0 saturated heterocycles. The summed E-state index contributed by atoms with van der Waals surface area (Å²) in [6, 6.07) is 9.98. The molecule has 1 amide bonds. The molecular formula is C22H24N2O8. The Balaban J connectivity index is 2.21. The van der Waals surface area contributed by atoms with Crippen LogP contribution in [0.2, 0.25) is 0 Å². The van der Waals surface area contributed by atoms with Gasteiger partial charge in [0.1, 0.15) is 18.4 Å². The zero-order valence-corrected chi connectivity index (χ0v) is 17.1. The standard InChI is InChI=1S/C22H24N2O8/c23-17(21(29)30)10-14-6-7-15(25)11-16(14)20(28)18(8-9-19(26)27)24-22(31)32-12-13-4-2-1-3-5-13/h1-7,11,17-18,25H,8-10,12,23H2,(H,24,31)(H,26,27)(H,29,30). The number of carboxylic acid groups (broad SMARTS) is 2. The molecule has 170 valence electrons. The van der Waals surface area contributed by atoms with Crippen molar-refractivity contribution in [2.75, 3.05) is 0 Å². The number of ether oxygens (including phenoxy) is 1. The van der Waals surface area contributed by atoms with Crippen LogP contribution in [0.15, 0.2) is 48.5 Å². The van der Waals surface area contributed by atoms with E-state index in [1.54, 1.807) is 30.3 Å². The molecular weight excluding hydrogens is 420 g/mol. The average molecular weight is 444 g/mol. The van der Waals surface area contributed by atoms with Crippen LogP contribution in [-0.4, -0.2) is 51.2 Å². The van der Waals surface area contributed by atoms with Crippen molar-refractivity contribution in [2.45, 2.75) is 38.0 Å². The van der Waals surface area contributed by atoms with E-state index in [1.807, 2.05) is 0 Å². The summed E-state index contributed by atoms with van der Waals surface area (Å²) in [7, 11) is 0. The maximum atomic E-state index is 13.1. The Kier molecular flexibility index (Phi) is 8.72. The van der Waals surface area contributed by atoms with Crippen molar-refractivity contribution >= 4 is 23.8 Å². The Labute approximate surface area is 183 Å². The second-order valence-electron chi connectivity index (χ2n) is 7.05. The fourth-order valence-corrected chi connectivity index (χ4v) is 2.93. The molecule has 32 heavy (non-hydrogen) atoms. The summed E-state index contributed by atoms with van der Waals surface area (Å²) in [6.45, 7) is -0.0582. The third kappa shape index (κ3) is 7.40. The van der Waals surface area contributed by atoms with Crippen LogP contribution in [0, 0.1) is 0 Å². The first kappa shape index (κ1) is 24.4. The number of aromatic hydroxyl groups is 1. The van der Waals surface area contributed by atoms with Gasteiger partial charge in [-0.25, -0.2) is 4.79 Å². The van der Waals surface area contributed by atoms with Crippen LogP contribution in [0.25, 0.3) is 0 Å². The molecule has 0 aliphatic carbocycles. The molecule has 2 aromatic rings. The lowest BCUT2D eigenvalue weighted by Crippen LogP contribution is -2.42. The van der Waals surface area contributed by atoms with Gasteiger partial charge in [0.15, 0.2) is 5.78 Å². The number of alkyl carbamates (subject to hydrolysis) is 1. The first-order chi connectivity index (χ1) is 15.2. The number of benzene rings is 2. The number of carbonyl (C=O) groups excluding carboxylic acids is 2. The first-order valence-electron chi connectivity index (χ1n) is 9.71. The van der Waals surface area contributed by atoms with E-state index in [9.17, 15) is 24.3 Å².